The molecule has 4 heteroatoms. The topological polar surface area (TPSA) is 50.7 Å². The fraction of sp³-hybridized carbons (Fsp3) is 1.00. The van der Waals surface area contributed by atoms with E-state index < -0.39 is 6.10 Å². The van der Waals surface area contributed by atoms with Gasteiger partial charge in [0.2, 0.25) is 0 Å². The van der Waals surface area contributed by atoms with Gasteiger partial charge >= 0.3 is 0 Å². The van der Waals surface area contributed by atoms with E-state index in [-0.39, 0.29) is 5.41 Å². The van der Waals surface area contributed by atoms with Gasteiger partial charge in [0.05, 0.1) is 18.8 Å². The molecule has 0 aliphatic heterocycles. The van der Waals surface area contributed by atoms with Crippen molar-refractivity contribution < 1.29 is 14.6 Å². The molecule has 1 aliphatic carbocycles. The molecule has 0 amide bonds. The van der Waals surface area contributed by atoms with E-state index in [1.807, 2.05) is 6.92 Å². The van der Waals surface area contributed by atoms with Crippen molar-refractivity contribution in [3.05, 3.63) is 0 Å². The molecule has 0 radical (unpaired) electrons. The third-order valence-corrected chi connectivity index (χ3v) is 4.10. The highest BCUT2D eigenvalue weighted by molar-refractivity contribution is 5.02. The zero-order valence-corrected chi connectivity index (χ0v) is 12.9. The normalized spacial score (nSPS) is 27.0. The van der Waals surface area contributed by atoms with Crippen molar-refractivity contribution in [2.45, 2.75) is 65.2 Å². The standard InChI is InChI=1S/C15H31NO3/c1-5-7-8-18-11-12(17)10-16-13-9-14(19-6-2)15(13,3)4/h12-14,16-17H,5-11H2,1-4H3. The zero-order chi connectivity index (χ0) is 14.3. The van der Waals surface area contributed by atoms with Crippen LogP contribution < -0.4 is 5.32 Å². The van der Waals surface area contributed by atoms with Gasteiger partial charge in [0.15, 0.2) is 0 Å². The molecule has 0 saturated heterocycles. The van der Waals surface area contributed by atoms with E-state index in [4.69, 9.17) is 9.47 Å². The molecular formula is C15H31NO3. The molecule has 2 N–H and O–H groups in total. The molecule has 3 atom stereocenters. The zero-order valence-electron chi connectivity index (χ0n) is 12.9. The number of aliphatic hydroxyl groups is 1. The Kier molecular flexibility index (Phi) is 7.29. The van der Waals surface area contributed by atoms with Crippen molar-refractivity contribution in [3.8, 4) is 0 Å². The van der Waals surface area contributed by atoms with Crippen LogP contribution in [0.2, 0.25) is 0 Å². The van der Waals surface area contributed by atoms with Gasteiger partial charge in [-0.05, 0) is 19.8 Å². The largest absolute Gasteiger partial charge is 0.389 e. The first kappa shape index (κ1) is 16.9. The summed E-state index contributed by atoms with van der Waals surface area (Å²) in [5.74, 6) is 0. The van der Waals surface area contributed by atoms with E-state index in [0.717, 1.165) is 32.5 Å². The Balaban J connectivity index is 2.12. The molecule has 1 saturated carbocycles. The monoisotopic (exact) mass is 273 g/mol. The smallest absolute Gasteiger partial charge is 0.0897 e. The fourth-order valence-corrected chi connectivity index (χ4v) is 2.52. The molecule has 19 heavy (non-hydrogen) atoms. The lowest BCUT2D eigenvalue weighted by molar-refractivity contribution is -0.116. The van der Waals surface area contributed by atoms with Crippen LogP contribution in [-0.2, 0) is 9.47 Å². The van der Waals surface area contributed by atoms with Crippen molar-refractivity contribution >= 4 is 0 Å². The average Bonchev–Trinajstić information content (AvgIpc) is 2.38. The van der Waals surface area contributed by atoms with Crippen LogP contribution in [0.25, 0.3) is 0 Å². The minimum absolute atomic E-state index is 0.152. The number of unbranched alkanes of at least 4 members (excludes halogenated alkanes) is 1. The van der Waals surface area contributed by atoms with Gasteiger partial charge in [-0.1, -0.05) is 27.2 Å². The molecule has 0 aromatic heterocycles. The van der Waals surface area contributed by atoms with Gasteiger partial charge in [0.25, 0.3) is 0 Å². The molecule has 4 nitrogen and oxygen atoms in total. The maximum Gasteiger partial charge on any atom is 0.0897 e. The quantitative estimate of drug-likeness (QED) is 0.597. The number of rotatable bonds is 10. The summed E-state index contributed by atoms with van der Waals surface area (Å²) in [6.07, 6.45) is 3.14. The SMILES string of the molecule is CCCCOCC(O)CNC1CC(OCC)C1(C)C. The average molecular weight is 273 g/mol. The van der Waals surface area contributed by atoms with E-state index in [0.29, 0.717) is 25.3 Å². The van der Waals surface area contributed by atoms with Crippen LogP contribution >= 0.6 is 0 Å². The second kappa shape index (κ2) is 8.20. The van der Waals surface area contributed by atoms with Crippen LogP contribution in [0, 0.1) is 5.41 Å². The summed E-state index contributed by atoms with van der Waals surface area (Å²) in [4.78, 5) is 0. The van der Waals surface area contributed by atoms with Crippen molar-refractivity contribution in [2.75, 3.05) is 26.4 Å². The highest BCUT2D eigenvalue weighted by Crippen LogP contribution is 2.42. The van der Waals surface area contributed by atoms with Crippen LogP contribution in [0.4, 0.5) is 0 Å². The first-order valence-electron chi connectivity index (χ1n) is 7.63. The summed E-state index contributed by atoms with van der Waals surface area (Å²) >= 11 is 0. The molecule has 0 aromatic rings. The predicted molar refractivity (Wildman–Crippen MR) is 77.3 cm³/mol. The summed E-state index contributed by atoms with van der Waals surface area (Å²) in [5, 5.41) is 13.3. The lowest BCUT2D eigenvalue weighted by atomic mass is 9.64. The lowest BCUT2D eigenvalue weighted by Crippen LogP contribution is -2.61. The minimum atomic E-state index is -0.418. The second-order valence-electron chi connectivity index (χ2n) is 6.04. The van der Waals surface area contributed by atoms with Crippen LogP contribution in [-0.4, -0.2) is 49.7 Å². The fourth-order valence-electron chi connectivity index (χ4n) is 2.52. The Morgan fingerprint density at radius 1 is 1.37 bits per heavy atom. The van der Waals surface area contributed by atoms with Crippen molar-refractivity contribution in [2.24, 2.45) is 5.41 Å². The van der Waals surface area contributed by atoms with E-state index in [2.05, 4.69) is 26.1 Å². The molecule has 0 bridgehead atoms. The molecule has 3 unspecified atom stereocenters. The Bertz CT molecular complexity index is 246. The molecule has 114 valence electrons. The highest BCUT2D eigenvalue weighted by Gasteiger charge is 2.48. The van der Waals surface area contributed by atoms with E-state index >= 15 is 0 Å². The van der Waals surface area contributed by atoms with Gasteiger partial charge < -0.3 is 19.9 Å². The van der Waals surface area contributed by atoms with Gasteiger partial charge in [-0.15, -0.1) is 0 Å². The highest BCUT2D eigenvalue weighted by atomic mass is 16.5. The molecular weight excluding hydrogens is 242 g/mol. The Labute approximate surface area is 117 Å². The molecule has 1 rings (SSSR count). The third-order valence-electron chi connectivity index (χ3n) is 4.10. The summed E-state index contributed by atoms with van der Waals surface area (Å²) in [6.45, 7) is 11.2. The Morgan fingerprint density at radius 2 is 2.11 bits per heavy atom. The lowest BCUT2D eigenvalue weighted by Gasteiger charge is -2.52. The van der Waals surface area contributed by atoms with E-state index in [1.165, 1.54) is 0 Å². The molecule has 1 fully saturated rings. The molecule has 0 heterocycles. The van der Waals surface area contributed by atoms with E-state index in [9.17, 15) is 5.11 Å². The number of ether oxygens (including phenoxy) is 2. The minimum Gasteiger partial charge on any atom is -0.389 e. The van der Waals surface area contributed by atoms with Crippen molar-refractivity contribution in [1.29, 1.82) is 0 Å². The Morgan fingerprint density at radius 3 is 2.68 bits per heavy atom. The number of hydrogen-bond donors (Lipinski definition) is 2. The second-order valence-corrected chi connectivity index (χ2v) is 6.04. The van der Waals surface area contributed by atoms with Gasteiger partial charge in [-0.3, -0.25) is 0 Å². The van der Waals surface area contributed by atoms with Crippen molar-refractivity contribution in [1.82, 2.24) is 5.32 Å². The van der Waals surface area contributed by atoms with Crippen LogP contribution in [0.3, 0.4) is 0 Å². The van der Waals surface area contributed by atoms with Gasteiger partial charge in [0.1, 0.15) is 0 Å². The first-order valence-corrected chi connectivity index (χ1v) is 7.63. The molecule has 0 spiro atoms. The summed E-state index contributed by atoms with van der Waals surface area (Å²) < 4.78 is 11.1. The summed E-state index contributed by atoms with van der Waals surface area (Å²) in [6, 6.07) is 0.425. The maximum absolute atomic E-state index is 9.84. The van der Waals surface area contributed by atoms with Crippen LogP contribution in [0.5, 0.6) is 0 Å². The van der Waals surface area contributed by atoms with Crippen molar-refractivity contribution in [3.63, 3.8) is 0 Å². The molecule has 0 aromatic carbocycles. The maximum atomic E-state index is 9.84. The first-order chi connectivity index (χ1) is 9.02. The Hall–Kier alpha value is -0.160. The number of hydrogen-bond acceptors (Lipinski definition) is 4. The van der Waals surface area contributed by atoms with Gasteiger partial charge in [0, 0.05) is 31.2 Å². The van der Waals surface area contributed by atoms with Crippen LogP contribution in [0.15, 0.2) is 0 Å². The summed E-state index contributed by atoms with van der Waals surface area (Å²) in [5.41, 5.74) is 0.152. The predicted octanol–water partition coefficient (Wildman–Crippen LogP) is 1.96. The summed E-state index contributed by atoms with van der Waals surface area (Å²) in [7, 11) is 0. The molecule has 1 aliphatic rings. The van der Waals surface area contributed by atoms with E-state index in [1.54, 1.807) is 0 Å². The number of aliphatic hydroxyl groups excluding tert-OH is 1. The number of nitrogens with one attached hydrogen (secondary N) is 1. The van der Waals surface area contributed by atoms with Gasteiger partial charge in [-0.2, -0.15) is 0 Å². The van der Waals surface area contributed by atoms with Crippen LogP contribution in [0.1, 0.15) is 47.0 Å². The third kappa shape index (κ3) is 5.03. The van der Waals surface area contributed by atoms with Gasteiger partial charge in [-0.25, -0.2) is 0 Å².